The molecule has 3 aliphatic rings. The minimum absolute atomic E-state index is 0.294. The summed E-state index contributed by atoms with van der Waals surface area (Å²) in [7, 11) is 0. The number of likely N-dealkylation sites (tertiary alicyclic amines) is 1. The quantitative estimate of drug-likeness (QED) is 0.758. The molecule has 0 saturated carbocycles. The highest BCUT2D eigenvalue weighted by molar-refractivity contribution is 5.79. The Hall–Kier alpha value is -1.29. The number of carbonyl (C=O) groups excluding carboxylic acids is 1. The summed E-state index contributed by atoms with van der Waals surface area (Å²) in [6.45, 7) is 4.27. The van der Waals surface area contributed by atoms with E-state index in [1.807, 2.05) is 4.90 Å². The van der Waals surface area contributed by atoms with Crippen LogP contribution in [0, 0.1) is 6.08 Å². The molecule has 0 aromatic heterocycles. The lowest BCUT2D eigenvalue weighted by Gasteiger charge is -2.37. The van der Waals surface area contributed by atoms with E-state index in [-0.39, 0.29) is 0 Å². The average molecular weight is 261 g/mol. The third-order valence-electron chi connectivity index (χ3n) is 4.04. The molecule has 0 aromatic rings. The minimum atomic E-state index is 0.294. The molecule has 1 amide bonds. The monoisotopic (exact) mass is 261 g/mol. The SMILES string of the molecule is O=C1CCCCN1C1=C(N2CCOCC2)C=[C]CC1. The molecule has 1 radical (unpaired) electrons. The molecule has 4 nitrogen and oxygen atoms in total. The zero-order valence-electron chi connectivity index (χ0n) is 11.4. The van der Waals surface area contributed by atoms with Gasteiger partial charge in [-0.15, -0.1) is 0 Å². The first kappa shape index (κ1) is 12.7. The van der Waals surface area contributed by atoms with Crippen molar-refractivity contribution >= 4 is 5.91 Å². The van der Waals surface area contributed by atoms with Crippen molar-refractivity contribution in [3.05, 3.63) is 23.5 Å². The minimum Gasteiger partial charge on any atom is -0.378 e. The fourth-order valence-corrected chi connectivity index (χ4v) is 3.01. The van der Waals surface area contributed by atoms with Crippen molar-refractivity contribution in [2.45, 2.75) is 32.1 Å². The van der Waals surface area contributed by atoms with Gasteiger partial charge in [0, 0.05) is 31.8 Å². The summed E-state index contributed by atoms with van der Waals surface area (Å²) in [4.78, 5) is 16.5. The Bertz CT molecular complexity index is 408. The third kappa shape index (κ3) is 2.68. The second-order valence-electron chi connectivity index (χ2n) is 5.28. The number of morpholine rings is 1. The first-order valence-electron chi connectivity index (χ1n) is 7.29. The lowest BCUT2D eigenvalue weighted by Crippen LogP contribution is -2.41. The number of rotatable bonds is 2. The van der Waals surface area contributed by atoms with Crippen molar-refractivity contribution in [3.8, 4) is 0 Å². The van der Waals surface area contributed by atoms with Gasteiger partial charge in [0.25, 0.3) is 0 Å². The van der Waals surface area contributed by atoms with Gasteiger partial charge in [-0.25, -0.2) is 0 Å². The maximum absolute atomic E-state index is 12.1. The molecule has 2 saturated heterocycles. The van der Waals surface area contributed by atoms with Crippen molar-refractivity contribution in [2.75, 3.05) is 32.8 Å². The normalized spacial score (nSPS) is 25.2. The van der Waals surface area contributed by atoms with E-state index in [0.29, 0.717) is 12.3 Å². The molecule has 0 N–H and O–H groups in total. The molecule has 0 atom stereocenters. The first-order chi connectivity index (χ1) is 9.36. The van der Waals surface area contributed by atoms with Gasteiger partial charge in [-0.3, -0.25) is 4.79 Å². The molecule has 3 rings (SSSR count). The van der Waals surface area contributed by atoms with E-state index < -0.39 is 0 Å². The number of allylic oxidation sites excluding steroid dienone is 3. The number of carbonyl (C=O) groups is 1. The average Bonchev–Trinajstić information content (AvgIpc) is 2.49. The molecule has 4 heteroatoms. The Morgan fingerprint density at radius 1 is 1.11 bits per heavy atom. The van der Waals surface area contributed by atoms with Gasteiger partial charge in [-0.1, -0.05) is 0 Å². The van der Waals surface area contributed by atoms with Crippen molar-refractivity contribution in [1.82, 2.24) is 9.80 Å². The largest absolute Gasteiger partial charge is 0.378 e. The number of hydrogen-bond donors (Lipinski definition) is 0. The number of amides is 1. The lowest BCUT2D eigenvalue weighted by atomic mass is 10.0. The summed E-state index contributed by atoms with van der Waals surface area (Å²) in [5.74, 6) is 0.294. The first-order valence-corrected chi connectivity index (χ1v) is 7.29. The summed E-state index contributed by atoms with van der Waals surface area (Å²) in [6, 6.07) is 0. The second kappa shape index (κ2) is 5.78. The third-order valence-corrected chi connectivity index (χ3v) is 4.04. The highest BCUT2D eigenvalue weighted by Crippen LogP contribution is 2.28. The van der Waals surface area contributed by atoms with Crippen LogP contribution in [0.4, 0.5) is 0 Å². The molecule has 0 spiro atoms. The second-order valence-corrected chi connectivity index (χ2v) is 5.28. The van der Waals surface area contributed by atoms with Crippen LogP contribution in [0.3, 0.4) is 0 Å². The van der Waals surface area contributed by atoms with Gasteiger partial charge in [-0.05, 0) is 37.8 Å². The predicted molar refractivity (Wildman–Crippen MR) is 72.0 cm³/mol. The van der Waals surface area contributed by atoms with Crippen LogP contribution >= 0.6 is 0 Å². The van der Waals surface area contributed by atoms with E-state index in [4.69, 9.17) is 4.74 Å². The number of ether oxygens (including phenoxy) is 1. The molecule has 0 aromatic carbocycles. The molecule has 2 fully saturated rings. The van der Waals surface area contributed by atoms with Crippen LogP contribution < -0.4 is 0 Å². The predicted octanol–water partition coefficient (Wildman–Crippen LogP) is 1.70. The standard InChI is InChI=1S/C15H21N2O2/c18-15-7-3-4-8-17(15)14-6-2-1-5-13(14)16-9-11-19-12-10-16/h5H,2-4,6-12H2. The van der Waals surface area contributed by atoms with E-state index in [0.717, 1.165) is 58.5 Å². The maximum atomic E-state index is 12.1. The van der Waals surface area contributed by atoms with Gasteiger partial charge in [-0.2, -0.15) is 0 Å². The van der Waals surface area contributed by atoms with E-state index in [9.17, 15) is 4.79 Å². The van der Waals surface area contributed by atoms with E-state index >= 15 is 0 Å². The van der Waals surface area contributed by atoms with E-state index in [1.54, 1.807) is 0 Å². The molecule has 2 aliphatic heterocycles. The van der Waals surface area contributed by atoms with Gasteiger partial charge in [0.05, 0.1) is 18.9 Å². The van der Waals surface area contributed by atoms with Crippen LogP contribution in [0.15, 0.2) is 17.5 Å². The van der Waals surface area contributed by atoms with Gasteiger partial charge in [0.1, 0.15) is 0 Å². The molecule has 0 bridgehead atoms. The highest BCUT2D eigenvalue weighted by atomic mass is 16.5. The highest BCUT2D eigenvalue weighted by Gasteiger charge is 2.26. The Balaban J connectivity index is 1.86. The van der Waals surface area contributed by atoms with Crippen LogP contribution in [0.1, 0.15) is 32.1 Å². The van der Waals surface area contributed by atoms with Gasteiger partial charge in [0.2, 0.25) is 5.91 Å². The molecular weight excluding hydrogens is 240 g/mol. The maximum Gasteiger partial charge on any atom is 0.226 e. The number of piperidine rings is 1. The summed E-state index contributed by atoms with van der Waals surface area (Å²) in [5.41, 5.74) is 2.41. The van der Waals surface area contributed by atoms with Crippen LogP contribution in [-0.2, 0) is 9.53 Å². The van der Waals surface area contributed by atoms with Gasteiger partial charge >= 0.3 is 0 Å². The van der Waals surface area contributed by atoms with Crippen LogP contribution in [0.5, 0.6) is 0 Å². The number of nitrogens with zero attached hydrogens (tertiary/aromatic N) is 2. The van der Waals surface area contributed by atoms with Gasteiger partial charge < -0.3 is 14.5 Å². The topological polar surface area (TPSA) is 32.8 Å². The van der Waals surface area contributed by atoms with Crippen molar-refractivity contribution in [3.63, 3.8) is 0 Å². The molecule has 1 aliphatic carbocycles. The molecule has 0 unspecified atom stereocenters. The van der Waals surface area contributed by atoms with Crippen molar-refractivity contribution < 1.29 is 9.53 Å². The summed E-state index contributed by atoms with van der Waals surface area (Å²) in [5, 5.41) is 0. The number of hydrogen-bond acceptors (Lipinski definition) is 3. The Morgan fingerprint density at radius 2 is 1.95 bits per heavy atom. The zero-order chi connectivity index (χ0) is 13.1. The summed E-state index contributed by atoms with van der Waals surface area (Å²) in [6.07, 6.45) is 10.1. The fraction of sp³-hybridized carbons (Fsp3) is 0.667. The van der Waals surface area contributed by atoms with Crippen molar-refractivity contribution in [2.24, 2.45) is 0 Å². The van der Waals surface area contributed by atoms with Crippen LogP contribution in [0.2, 0.25) is 0 Å². The fourth-order valence-electron chi connectivity index (χ4n) is 3.01. The van der Waals surface area contributed by atoms with E-state index in [1.165, 1.54) is 11.4 Å². The Morgan fingerprint density at radius 3 is 2.74 bits per heavy atom. The lowest BCUT2D eigenvalue weighted by molar-refractivity contribution is -0.131. The molecule has 2 heterocycles. The smallest absolute Gasteiger partial charge is 0.226 e. The van der Waals surface area contributed by atoms with Crippen LogP contribution in [0.25, 0.3) is 0 Å². The van der Waals surface area contributed by atoms with E-state index in [2.05, 4.69) is 17.1 Å². The summed E-state index contributed by atoms with van der Waals surface area (Å²) < 4.78 is 5.41. The van der Waals surface area contributed by atoms with Crippen LogP contribution in [-0.4, -0.2) is 48.6 Å². The van der Waals surface area contributed by atoms with Crippen molar-refractivity contribution in [1.29, 1.82) is 0 Å². The Labute approximate surface area is 114 Å². The molecular formula is C15H21N2O2. The molecule has 103 valence electrons. The molecule has 19 heavy (non-hydrogen) atoms. The summed E-state index contributed by atoms with van der Waals surface area (Å²) >= 11 is 0. The zero-order valence-corrected chi connectivity index (χ0v) is 11.4. The Kier molecular flexibility index (Phi) is 3.87. The van der Waals surface area contributed by atoms with Gasteiger partial charge in [0.15, 0.2) is 0 Å².